The molecule has 0 amide bonds. The van der Waals surface area contributed by atoms with Crippen molar-refractivity contribution in [3.05, 3.63) is 100 Å². The molecule has 0 spiro atoms. The zero-order chi connectivity index (χ0) is 37.3. The Bertz CT molecular complexity index is 1650. The Kier molecular flexibility index (Phi) is 12.5. The van der Waals surface area contributed by atoms with E-state index in [-0.39, 0.29) is 83.9 Å². The quantitative estimate of drug-likeness (QED) is 0.151. The summed E-state index contributed by atoms with van der Waals surface area (Å²) in [5.74, 6) is 0. The van der Waals surface area contributed by atoms with Crippen molar-refractivity contribution in [2.75, 3.05) is 0 Å². The van der Waals surface area contributed by atoms with E-state index in [0.29, 0.717) is 0 Å². The molecule has 0 heterocycles. The van der Waals surface area contributed by atoms with Gasteiger partial charge in [-0.05, 0) is 111 Å². The van der Waals surface area contributed by atoms with Crippen molar-refractivity contribution in [3.8, 4) is 33.4 Å². The fourth-order valence-corrected chi connectivity index (χ4v) is 6.54. The number of rotatable bonds is 3. The van der Waals surface area contributed by atoms with Crippen LogP contribution in [-0.2, 0) is 45.1 Å². The van der Waals surface area contributed by atoms with E-state index in [1.54, 1.807) is 0 Å². The van der Waals surface area contributed by atoms with Crippen molar-refractivity contribution in [3.63, 3.8) is 0 Å². The summed E-state index contributed by atoms with van der Waals surface area (Å²) in [7, 11) is 0. The van der Waals surface area contributed by atoms with Crippen LogP contribution in [0.5, 0.6) is 0 Å². The molecule has 4 aromatic carbocycles. The summed E-state index contributed by atoms with van der Waals surface area (Å²) in [5, 5.41) is 0. The Hall–Kier alpha value is -1.26. The first kappa shape index (κ1) is 43.1. The van der Waals surface area contributed by atoms with Crippen LogP contribution in [0.15, 0.2) is 71.6 Å². The maximum absolute atomic E-state index is 6.58. The second kappa shape index (κ2) is 14.5. The van der Waals surface area contributed by atoms with Gasteiger partial charge in [-0.3, -0.25) is 0 Å². The minimum absolute atomic E-state index is 0. The normalized spacial score (nSPS) is 13.3. The Balaban J connectivity index is 0.00000676. The zero-order valence-electron chi connectivity index (χ0n) is 35.3. The number of benzene rings is 4. The molecule has 0 radical (unpaired) electrons. The predicted molar refractivity (Wildman–Crippen MR) is 221 cm³/mol. The summed E-state index contributed by atoms with van der Waals surface area (Å²) in [5.41, 5.74) is 15.3. The minimum atomic E-state index is 0. The summed E-state index contributed by atoms with van der Waals surface area (Å²) in [6.45, 7) is 41.7. The predicted octanol–water partition coefficient (Wildman–Crippen LogP) is 11.4. The largest absolute Gasteiger partial charge is 1.00 e. The van der Waals surface area contributed by atoms with Crippen molar-refractivity contribution in [2.24, 2.45) is 0 Å². The molecule has 4 rings (SSSR count). The van der Waals surface area contributed by atoms with Gasteiger partial charge in [0, 0.05) is 0 Å². The molecular weight excluding hydrogens is 648 g/mol. The Labute approximate surface area is 355 Å². The summed E-state index contributed by atoms with van der Waals surface area (Å²) in [6, 6.07) is 26.4. The van der Waals surface area contributed by atoms with Crippen LogP contribution in [0, 0.1) is 0 Å². The Morgan fingerprint density at radius 1 is 0.280 bits per heavy atom. The van der Waals surface area contributed by atoms with Crippen LogP contribution in [0.25, 0.3) is 33.4 Å². The molecule has 0 nitrogen and oxygen atoms in total. The minimum Gasteiger partial charge on any atom is -0.779 e. The molecule has 0 N–H and O–H groups in total. The molecule has 50 heavy (non-hydrogen) atoms. The second-order valence-electron chi connectivity index (χ2n) is 20.8. The second-order valence-corrected chi connectivity index (χ2v) is 21.2. The third-order valence-electron chi connectivity index (χ3n) is 10.0. The molecule has 0 atom stereocenters. The molecule has 0 saturated carbocycles. The van der Waals surface area contributed by atoms with Gasteiger partial charge in [-0.1, -0.05) is 179 Å². The van der Waals surface area contributed by atoms with Crippen LogP contribution in [0.3, 0.4) is 0 Å². The van der Waals surface area contributed by atoms with Crippen LogP contribution in [0.2, 0.25) is 0 Å². The molecular formula is C48H65KS. The standard InChI is InChI=1S/C48H66S.K/c1-43(2,3)34-19-30(20-35(27-34)44(4,5)6)31-25-40(32-21-36(45(7,8)9)28-37(22-32)46(10,11)12)42(49)41(26-31)33-23-38(47(13,14)15)29-39(24-33)48(16,17)18;/h19-29,49H,1-18H3;/q;+1/p-1. The summed E-state index contributed by atoms with van der Waals surface area (Å²) < 4.78 is 0. The van der Waals surface area contributed by atoms with E-state index >= 15 is 0 Å². The van der Waals surface area contributed by atoms with E-state index in [9.17, 15) is 0 Å². The third-order valence-corrected chi connectivity index (χ3v) is 10.5. The van der Waals surface area contributed by atoms with Crippen molar-refractivity contribution in [2.45, 2.75) is 162 Å². The van der Waals surface area contributed by atoms with Crippen molar-refractivity contribution in [1.82, 2.24) is 0 Å². The molecule has 0 aromatic heterocycles. The van der Waals surface area contributed by atoms with Crippen molar-refractivity contribution >= 4 is 12.6 Å². The van der Waals surface area contributed by atoms with Gasteiger partial charge in [-0.15, -0.1) is 0 Å². The van der Waals surface area contributed by atoms with Gasteiger partial charge in [0.15, 0.2) is 0 Å². The van der Waals surface area contributed by atoms with Crippen molar-refractivity contribution in [1.29, 1.82) is 0 Å². The fraction of sp³-hybridized carbons (Fsp3) is 0.500. The monoisotopic (exact) mass is 712 g/mol. The summed E-state index contributed by atoms with van der Waals surface area (Å²) in [4.78, 5) is 0.920. The molecule has 0 bridgehead atoms. The average Bonchev–Trinajstić information content (AvgIpc) is 2.94. The van der Waals surface area contributed by atoms with E-state index in [1.165, 1.54) is 55.6 Å². The van der Waals surface area contributed by atoms with Gasteiger partial charge in [0.25, 0.3) is 0 Å². The van der Waals surface area contributed by atoms with E-state index in [4.69, 9.17) is 12.6 Å². The molecule has 0 fully saturated rings. The molecule has 0 saturated heterocycles. The Morgan fingerprint density at radius 3 is 0.660 bits per heavy atom. The van der Waals surface area contributed by atoms with Gasteiger partial charge in [0.1, 0.15) is 0 Å². The van der Waals surface area contributed by atoms with Crippen LogP contribution in [0.1, 0.15) is 158 Å². The summed E-state index contributed by atoms with van der Waals surface area (Å²) >= 11 is 6.58. The van der Waals surface area contributed by atoms with Gasteiger partial charge in [-0.2, -0.15) is 4.90 Å². The van der Waals surface area contributed by atoms with E-state index in [2.05, 4.69) is 191 Å². The van der Waals surface area contributed by atoms with Gasteiger partial charge in [-0.25, -0.2) is 0 Å². The Morgan fingerprint density at radius 2 is 0.460 bits per heavy atom. The van der Waals surface area contributed by atoms with E-state index < -0.39 is 0 Å². The topological polar surface area (TPSA) is 0 Å². The SMILES string of the molecule is CC(C)(C)c1cc(-c2cc(-c3cc(C(C)(C)C)cc(C(C)(C)C)c3)c([S-])c(-c3cc(C(C)(C)C)cc(C(C)(C)C)c3)c2)cc(C(C)(C)C)c1.[K+]. The smallest absolute Gasteiger partial charge is 0.779 e. The molecule has 264 valence electrons. The molecule has 0 aliphatic heterocycles. The number of hydrogen-bond donors (Lipinski definition) is 0. The maximum atomic E-state index is 6.58. The van der Waals surface area contributed by atoms with Gasteiger partial charge in [0.05, 0.1) is 0 Å². The first-order chi connectivity index (χ1) is 22.0. The third kappa shape index (κ3) is 10.0. The van der Waals surface area contributed by atoms with Gasteiger partial charge < -0.3 is 12.6 Å². The van der Waals surface area contributed by atoms with Gasteiger partial charge >= 0.3 is 51.4 Å². The zero-order valence-corrected chi connectivity index (χ0v) is 39.2. The van der Waals surface area contributed by atoms with Crippen LogP contribution in [0.4, 0.5) is 0 Å². The first-order valence-electron chi connectivity index (χ1n) is 18.3. The molecule has 2 heteroatoms. The maximum Gasteiger partial charge on any atom is 1.00 e. The van der Waals surface area contributed by atoms with E-state index in [1.807, 2.05) is 0 Å². The molecule has 0 unspecified atom stereocenters. The summed E-state index contributed by atoms with van der Waals surface area (Å²) in [6.07, 6.45) is 0. The average molecular weight is 713 g/mol. The molecule has 0 aliphatic carbocycles. The molecule has 0 aliphatic rings. The van der Waals surface area contributed by atoms with E-state index in [0.717, 1.165) is 16.0 Å². The number of hydrogen-bond acceptors (Lipinski definition) is 1. The van der Waals surface area contributed by atoms with Crippen LogP contribution < -0.4 is 51.4 Å². The fourth-order valence-electron chi connectivity index (χ4n) is 6.18. The molecule has 4 aromatic rings. The van der Waals surface area contributed by atoms with Crippen LogP contribution >= 0.6 is 0 Å². The van der Waals surface area contributed by atoms with Crippen LogP contribution in [-0.4, -0.2) is 0 Å². The van der Waals surface area contributed by atoms with Gasteiger partial charge in [0.2, 0.25) is 0 Å². The first-order valence-corrected chi connectivity index (χ1v) is 18.7. The van der Waals surface area contributed by atoms with Crippen molar-refractivity contribution < 1.29 is 51.4 Å².